The van der Waals surface area contributed by atoms with E-state index in [0.717, 1.165) is 30.6 Å². The Morgan fingerprint density at radius 3 is 3.19 bits per heavy atom. The summed E-state index contributed by atoms with van der Waals surface area (Å²) in [5.41, 5.74) is 1.79. The van der Waals surface area contributed by atoms with Gasteiger partial charge in [-0.15, -0.1) is 0 Å². The number of pyridine rings is 1. The van der Waals surface area contributed by atoms with Crippen molar-refractivity contribution in [2.24, 2.45) is 0 Å². The van der Waals surface area contributed by atoms with Gasteiger partial charge in [-0.05, 0) is 25.1 Å². The highest BCUT2D eigenvalue weighted by atomic mass is 16.3. The summed E-state index contributed by atoms with van der Waals surface area (Å²) < 4.78 is 0. The fourth-order valence-corrected chi connectivity index (χ4v) is 1.94. The first-order chi connectivity index (χ1) is 7.83. The zero-order valence-corrected chi connectivity index (χ0v) is 9.56. The highest BCUT2D eigenvalue weighted by Gasteiger charge is 2.23. The predicted octanol–water partition coefficient (Wildman–Crippen LogP) is 1.90. The van der Waals surface area contributed by atoms with E-state index in [-0.39, 0.29) is 6.04 Å². The zero-order valence-electron chi connectivity index (χ0n) is 9.56. The van der Waals surface area contributed by atoms with Crippen LogP contribution < -0.4 is 5.32 Å². The van der Waals surface area contributed by atoms with Crippen LogP contribution >= 0.6 is 0 Å². The first-order valence-electron chi connectivity index (χ1n) is 5.87. The second kappa shape index (κ2) is 5.23. The number of rotatable bonds is 4. The van der Waals surface area contributed by atoms with E-state index in [1.807, 2.05) is 24.3 Å². The Labute approximate surface area is 96.2 Å². The first-order valence-corrected chi connectivity index (χ1v) is 5.87. The van der Waals surface area contributed by atoms with E-state index in [2.05, 4.69) is 17.2 Å². The Kier molecular flexibility index (Phi) is 3.70. The van der Waals surface area contributed by atoms with Crippen LogP contribution in [0, 0.1) is 0 Å². The molecule has 3 nitrogen and oxygen atoms in total. The number of aromatic nitrogens is 1. The summed E-state index contributed by atoms with van der Waals surface area (Å²) in [6, 6.07) is 3.82. The molecule has 1 aliphatic carbocycles. The van der Waals surface area contributed by atoms with Crippen LogP contribution in [0.2, 0.25) is 0 Å². The lowest BCUT2D eigenvalue weighted by Crippen LogP contribution is -2.35. The Bertz CT molecular complexity index is 376. The molecule has 1 aromatic heterocycles. The maximum Gasteiger partial charge on any atom is 0.0999 e. The van der Waals surface area contributed by atoms with Crippen LogP contribution in [0.5, 0.6) is 0 Å². The van der Waals surface area contributed by atoms with E-state index in [1.54, 1.807) is 6.20 Å². The van der Waals surface area contributed by atoms with Crippen molar-refractivity contribution < 1.29 is 5.11 Å². The van der Waals surface area contributed by atoms with Crippen molar-refractivity contribution in [1.82, 2.24) is 10.3 Å². The van der Waals surface area contributed by atoms with E-state index < -0.39 is 6.10 Å². The molecule has 0 radical (unpaired) electrons. The van der Waals surface area contributed by atoms with Gasteiger partial charge < -0.3 is 10.4 Å². The Morgan fingerprint density at radius 2 is 2.38 bits per heavy atom. The molecule has 16 heavy (non-hydrogen) atoms. The van der Waals surface area contributed by atoms with Gasteiger partial charge in [0, 0.05) is 11.8 Å². The zero-order chi connectivity index (χ0) is 11.4. The summed E-state index contributed by atoms with van der Waals surface area (Å²) in [5, 5.41) is 13.5. The number of aliphatic hydroxyl groups excluding tert-OH is 1. The number of unbranched alkanes of at least 4 members (excludes halogenated alkanes) is 1. The van der Waals surface area contributed by atoms with Crippen LogP contribution in [0.25, 0.3) is 6.08 Å². The maximum atomic E-state index is 10.2. The molecule has 0 bridgehead atoms. The molecule has 0 aromatic carbocycles. The van der Waals surface area contributed by atoms with E-state index in [1.165, 1.54) is 0 Å². The van der Waals surface area contributed by atoms with Gasteiger partial charge in [-0.3, -0.25) is 4.98 Å². The van der Waals surface area contributed by atoms with Gasteiger partial charge >= 0.3 is 0 Å². The molecule has 0 spiro atoms. The molecular formula is C13H18N2O. The van der Waals surface area contributed by atoms with Crippen LogP contribution in [0.3, 0.4) is 0 Å². The summed E-state index contributed by atoms with van der Waals surface area (Å²) in [7, 11) is 0. The molecule has 0 aliphatic heterocycles. The van der Waals surface area contributed by atoms with Crippen molar-refractivity contribution in [3.8, 4) is 0 Å². The minimum absolute atomic E-state index is 0.0169. The largest absolute Gasteiger partial charge is 0.386 e. The molecule has 2 unspecified atom stereocenters. The molecular weight excluding hydrogens is 200 g/mol. The summed E-state index contributed by atoms with van der Waals surface area (Å²) >= 11 is 0. The number of aliphatic hydroxyl groups is 1. The molecule has 86 valence electrons. The number of nitrogens with zero attached hydrogens (tertiary/aromatic N) is 1. The van der Waals surface area contributed by atoms with Crippen LogP contribution in [-0.4, -0.2) is 22.7 Å². The summed E-state index contributed by atoms with van der Waals surface area (Å²) in [5.74, 6) is 0. The third-order valence-electron chi connectivity index (χ3n) is 2.90. The number of fused-ring (bicyclic) bond motifs is 1. The third kappa shape index (κ3) is 2.31. The summed E-state index contributed by atoms with van der Waals surface area (Å²) in [6.07, 6.45) is 7.54. The minimum Gasteiger partial charge on any atom is -0.386 e. The van der Waals surface area contributed by atoms with Crippen molar-refractivity contribution >= 4 is 6.08 Å². The summed E-state index contributed by atoms with van der Waals surface area (Å²) in [6.45, 7) is 3.10. The second-order valence-electron chi connectivity index (χ2n) is 4.12. The lowest BCUT2D eigenvalue weighted by Gasteiger charge is -2.25. The molecule has 0 fully saturated rings. The maximum absolute atomic E-state index is 10.2. The average Bonchev–Trinajstić information content (AvgIpc) is 2.33. The van der Waals surface area contributed by atoms with Gasteiger partial charge in [0.2, 0.25) is 0 Å². The quantitative estimate of drug-likeness (QED) is 0.759. The van der Waals surface area contributed by atoms with E-state index in [4.69, 9.17) is 0 Å². The lowest BCUT2D eigenvalue weighted by molar-refractivity contribution is 0.145. The second-order valence-corrected chi connectivity index (χ2v) is 4.12. The van der Waals surface area contributed by atoms with Crippen molar-refractivity contribution in [3.05, 3.63) is 35.7 Å². The number of hydrogen-bond donors (Lipinski definition) is 2. The van der Waals surface area contributed by atoms with Crippen LogP contribution in [0.4, 0.5) is 0 Å². The SMILES string of the molecule is CCCCNC1C=Cc2ncccc2C1O. The number of nitrogens with one attached hydrogen (secondary N) is 1. The molecule has 2 atom stereocenters. The van der Waals surface area contributed by atoms with Crippen molar-refractivity contribution in [1.29, 1.82) is 0 Å². The molecule has 0 saturated heterocycles. The molecule has 0 amide bonds. The predicted molar refractivity (Wildman–Crippen MR) is 64.9 cm³/mol. The fourth-order valence-electron chi connectivity index (χ4n) is 1.94. The Balaban J connectivity index is 2.06. The van der Waals surface area contributed by atoms with Crippen molar-refractivity contribution in [2.45, 2.75) is 31.9 Å². The Morgan fingerprint density at radius 1 is 1.50 bits per heavy atom. The van der Waals surface area contributed by atoms with Gasteiger partial charge in [0.1, 0.15) is 0 Å². The fraction of sp³-hybridized carbons (Fsp3) is 0.462. The molecule has 3 heteroatoms. The molecule has 2 rings (SSSR count). The smallest absolute Gasteiger partial charge is 0.0999 e. The lowest BCUT2D eigenvalue weighted by atomic mass is 9.95. The average molecular weight is 218 g/mol. The normalized spacial score (nSPS) is 23.1. The van der Waals surface area contributed by atoms with Gasteiger partial charge in [0.25, 0.3) is 0 Å². The van der Waals surface area contributed by atoms with E-state index in [0.29, 0.717) is 0 Å². The standard InChI is InChI=1S/C13H18N2O/c1-2-3-8-15-12-7-6-11-10(13(12)16)5-4-9-14-11/h4-7,9,12-13,15-16H,2-3,8H2,1H3. The molecule has 0 saturated carbocycles. The molecule has 1 aliphatic rings. The van der Waals surface area contributed by atoms with Crippen LogP contribution in [0.15, 0.2) is 24.4 Å². The monoisotopic (exact) mass is 218 g/mol. The van der Waals surface area contributed by atoms with Crippen molar-refractivity contribution in [3.63, 3.8) is 0 Å². The molecule has 1 aromatic rings. The van der Waals surface area contributed by atoms with Gasteiger partial charge in [-0.1, -0.05) is 25.5 Å². The Hall–Kier alpha value is -1.19. The highest BCUT2D eigenvalue weighted by Crippen LogP contribution is 2.26. The highest BCUT2D eigenvalue weighted by molar-refractivity contribution is 5.54. The van der Waals surface area contributed by atoms with Gasteiger partial charge in [-0.2, -0.15) is 0 Å². The summed E-state index contributed by atoms with van der Waals surface area (Å²) in [4.78, 5) is 4.23. The van der Waals surface area contributed by atoms with Gasteiger partial charge in [0.15, 0.2) is 0 Å². The third-order valence-corrected chi connectivity index (χ3v) is 2.90. The topological polar surface area (TPSA) is 45.2 Å². The minimum atomic E-state index is -0.481. The number of hydrogen-bond acceptors (Lipinski definition) is 3. The molecule has 2 N–H and O–H groups in total. The van der Waals surface area contributed by atoms with E-state index >= 15 is 0 Å². The van der Waals surface area contributed by atoms with E-state index in [9.17, 15) is 5.11 Å². The van der Waals surface area contributed by atoms with Gasteiger partial charge in [-0.25, -0.2) is 0 Å². The van der Waals surface area contributed by atoms with Gasteiger partial charge in [0.05, 0.1) is 17.8 Å². The van der Waals surface area contributed by atoms with Crippen molar-refractivity contribution in [2.75, 3.05) is 6.54 Å². The first kappa shape index (κ1) is 11.3. The van der Waals surface area contributed by atoms with Crippen LogP contribution in [-0.2, 0) is 0 Å². The molecule has 1 heterocycles. The van der Waals surface area contributed by atoms with Crippen LogP contribution in [0.1, 0.15) is 37.1 Å².